The first kappa shape index (κ1) is 73.4. The molecule has 5 unspecified atom stereocenters. The number of imidazole rings is 1. The molecular formula is C46H60F15I3N2O10. The molecule has 1 aliphatic rings. The van der Waals surface area contributed by atoms with Crippen LogP contribution in [0, 0.1) is 33.4 Å². The zero-order chi connectivity index (χ0) is 60.0. The number of esters is 3. The number of aromatic nitrogens is 2. The molecule has 0 aliphatic heterocycles. The molecule has 0 spiro atoms. The van der Waals surface area contributed by atoms with E-state index in [4.69, 9.17) is 9.47 Å². The van der Waals surface area contributed by atoms with Crippen molar-refractivity contribution in [3.63, 3.8) is 0 Å². The summed E-state index contributed by atoms with van der Waals surface area (Å²) in [6, 6.07) is 4.38. The molecule has 0 bridgehead atoms. The fourth-order valence-electron chi connectivity index (χ4n) is 6.24. The molecule has 76 heavy (non-hydrogen) atoms. The third kappa shape index (κ3) is 22.1. The summed E-state index contributed by atoms with van der Waals surface area (Å²) in [5.41, 5.74) is -11.3. The Kier molecular flexibility index (Phi) is 28.2. The Labute approximate surface area is 469 Å². The summed E-state index contributed by atoms with van der Waals surface area (Å²) in [5.74, 6) is -17.4. The summed E-state index contributed by atoms with van der Waals surface area (Å²) in [7, 11) is 0. The quantitative estimate of drug-likeness (QED) is 0.0428. The molecule has 1 heterocycles. The fourth-order valence-corrected chi connectivity index (χ4v) is 10.0. The minimum Gasteiger partial charge on any atom is -0.550 e. The number of carbonyl (C=O) groups is 4. The Bertz CT molecular complexity index is 2140. The van der Waals surface area contributed by atoms with Gasteiger partial charge in [-0.2, -0.15) is 39.5 Å². The van der Waals surface area contributed by atoms with Crippen LogP contribution in [0.1, 0.15) is 126 Å². The molecule has 3 N–H and O–H groups in total. The maximum Gasteiger partial charge on any atom is 0.426 e. The van der Waals surface area contributed by atoms with Crippen LogP contribution >= 0.6 is 67.8 Å². The molecule has 30 heteroatoms. The van der Waals surface area contributed by atoms with Gasteiger partial charge in [0.2, 0.25) is 6.33 Å². The second kappa shape index (κ2) is 29.2. The number of carbonyl (C=O) groups excluding carboxylic acids is 4. The lowest BCUT2D eigenvalue weighted by Crippen LogP contribution is -2.64. The van der Waals surface area contributed by atoms with Gasteiger partial charge in [-0.15, -0.1) is 0 Å². The second-order valence-electron chi connectivity index (χ2n) is 19.0. The molecule has 1 fully saturated rings. The monoisotopic (exact) mass is 1470 g/mol. The maximum atomic E-state index is 13.3. The number of halogens is 18. The Hall–Kier alpha value is -2.63. The first-order chi connectivity index (χ1) is 34.1. The number of ether oxygens (including phenoxy) is 3. The first-order valence-corrected chi connectivity index (χ1v) is 26.0. The Morgan fingerprint density at radius 1 is 0.750 bits per heavy atom. The minimum absolute atomic E-state index is 0.167. The molecule has 0 radical (unpaired) electrons. The van der Waals surface area contributed by atoms with E-state index in [1.165, 1.54) is 34.1 Å². The second-order valence-corrected chi connectivity index (χ2v) is 22.6. The average molecular weight is 1470 g/mol. The highest BCUT2D eigenvalue weighted by atomic mass is 127. The molecule has 0 saturated heterocycles. The van der Waals surface area contributed by atoms with Crippen LogP contribution in [-0.2, 0) is 28.7 Å². The lowest BCUT2D eigenvalue weighted by Gasteiger charge is -2.47. The number of nitrogens with one attached hydrogen (secondary N) is 1. The van der Waals surface area contributed by atoms with Crippen LogP contribution in [0.3, 0.4) is 0 Å². The van der Waals surface area contributed by atoms with Crippen molar-refractivity contribution in [3.05, 3.63) is 41.6 Å². The number of hydrogen-bond acceptors (Lipinski definition) is 10. The highest BCUT2D eigenvalue weighted by Crippen LogP contribution is 2.55. The van der Waals surface area contributed by atoms with E-state index in [9.17, 15) is 100 Å². The van der Waals surface area contributed by atoms with Gasteiger partial charge in [0.05, 0.1) is 36.9 Å². The van der Waals surface area contributed by atoms with Gasteiger partial charge in [-0.1, -0.05) is 20.8 Å². The smallest absolute Gasteiger partial charge is 0.426 e. The van der Waals surface area contributed by atoms with E-state index >= 15 is 0 Å². The maximum absolute atomic E-state index is 13.3. The number of H-pyrrole nitrogens is 1. The van der Waals surface area contributed by atoms with Crippen LogP contribution < -0.4 is 14.4 Å². The van der Waals surface area contributed by atoms with Crippen LogP contribution in [0.15, 0.2) is 30.9 Å². The van der Waals surface area contributed by atoms with Crippen molar-refractivity contribution >= 4 is 91.6 Å². The van der Waals surface area contributed by atoms with Crippen molar-refractivity contribution in [2.24, 2.45) is 22.7 Å². The number of aliphatic hydroxyl groups is 2. The number of hydrogen-bond donors (Lipinski definition) is 3. The average Bonchev–Trinajstić information content (AvgIpc) is 3.83. The van der Waals surface area contributed by atoms with Gasteiger partial charge in [0.1, 0.15) is 18.5 Å². The molecular weight excluding hydrogens is 1410 g/mol. The summed E-state index contributed by atoms with van der Waals surface area (Å²) < 4.78 is 214. The predicted octanol–water partition coefficient (Wildman–Crippen LogP) is 12.0. The Morgan fingerprint density at radius 2 is 1.22 bits per heavy atom. The van der Waals surface area contributed by atoms with Crippen molar-refractivity contribution in [3.8, 4) is 5.75 Å². The summed E-state index contributed by atoms with van der Waals surface area (Å²) in [6.45, 7) is 11.7. The molecule has 440 valence electrons. The number of carboxylic acids is 1. The molecule has 1 aliphatic carbocycles. The third-order valence-corrected chi connectivity index (χ3v) is 14.5. The number of rotatable bonds is 18. The predicted molar refractivity (Wildman–Crippen MR) is 265 cm³/mol. The minimum atomic E-state index is -6.28. The third-order valence-electron chi connectivity index (χ3n) is 12.2. The summed E-state index contributed by atoms with van der Waals surface area (Å²) in [5, 5.41) is 29.8. The first-order valence-electron chi connectivity index (χ1n) is 22.8. The zero-order valence-electron chi connectivity index (χ0n) is 42.3. The van der Waals surface area contributed by atoms with E-state index in [1.807, 2.05) is 30.9 Å². The number of alkyl halides is 15. The SMILES string of the molecule is CCC(C)(C)C(=O)OC1CC(C(C)(O)C(F)(F)F)CC(C(O)(C(F)(F)F)C(F)(F)F)C1.CCC(C)(C)C(=O)OCC(F)(F)CC(F)(F)C(F)F.CCC(C)[n+]1cc[nH]c1.O=C([O-])CCC(=O)Oc1c(I)cc(I)cc1I. The van der Waals surface area contributed by atoms with Crippen LogP contribution in [-0.4, -0.2) is 99.8 Å². The van der Waals surface area contributed by atoms with Gasteiger partial charge in [-0.25, -0.2) is 30.9 Å². The highest BCUT2D eigenvalue weighted by Gasteiger charge is 2.75. The van der Waals surface area contributed by atoms with Gasteiger partial charge in [-0.3, -0.25) is 19.4 Å². The Balaban J connectivity index is 0.00000107. The number of carboxylic acid groups (broad SMARTS) is 1. The standard InChI is InChI=1S/C18H25F9O4.C11H16F6O2.C10H7I3O4.C7H12N2/c1-5-13(2,3)12(28)31-11-7-9(14(4,29)16(19,20)21)6-10(8-11)15(30,17(22,23)24)18(25,26)27;1-4-9(2,3)8(18)19-6-10(14,15)5-11(16,17)7(12)13;11-5-3-6(12)10(7(13)4-5)17-9(16)2-1-8(14)15;1-3-7(2)9-5-4-8-6-9/h9-11,29-30H,5-8H2,1-4H3;7H,4-6H2,1-3H3;3-4H,1-2H2,(H,14,15);4-7H,3H2,1-2H3. The number of aliphatic carboxylic acids is 1. The van der Waals surface area contributed by atoms with Crippen LogP contribution in [0.4, 0.5) is 65.9 Å². The number of benzene rings is 1. The van der Waals surface area contributed by atoms with Gasteiger partial charge in [0.25, 0.3) is 11.5 Å². The van der Waals surface area contributed by atoms with Gasteiger partial charge < -0.3 is 34.3 Å². The van der Waals surface area contributed by atoms with Crippen molar-refractivity contribution in [2.45, 2.75) is 180 Å². The highest BCUT2D eigenvalue weighted by molar-refractivity contribution is 14.1. The summed E-state index contributed by atoms with van der Waals surface area (Å²) in [6.07, 6.45) is -22.7. The van der Waals surface area contributed by atoms with E-state index in [0.29, 0.717) is 18.2 Å². The molecule has 2 aromatic rings. The van der Waals surface area contributed by atoms with E-state index in [0.717, 1.165) is 10.7 Å². The fraction of sp³-hybridized carbons (Fsp3) is 0.717. The van der Waals surface area contributed by atoms with Gasteiger partial charge in [-0.05, 0) is 166 Å². The molecule has 1 aromatic carbocycles. The van der Waals surface area contributed by atoms with Crippen molar-refractivity contribution in [2.75, 3.05) is 6.61 Å². The van der Waals surface area contributed by atoms with Crippen LogP contribution in [0.25, 0.3) is 0 Å². The zero-order valence-corrected chi connectivity index (χ0v) is 48.7. The van der Waals surface area contributed by atoms with Crippen molar-refractivity contribution in [1.29, 1.82) is 0 Å². The molecule has 1 saturated carbocycles. The topological polar surface area (TPSA) is 179 Å². The lowest BCUT2D eigenvalue weighted by molar-refractivity contribution is -0.718. The normalized spacial score (nSPS) is 18.1. The van der Waals surface area contributed by atoms with E-state index < -0.39 is 133 Å². The number of nitrogens with zero attached hydrogens (tertiary/aromatic N) is 1. The van der Waals surface area contributed by atoms with Gasteiger partial charge in [0.15, 0.2) is 18.0 Å². The van der Waals surface area contributed by atoms with Gasteiger partial charge in [0, 0.05) is 21.4 Å². The Morgan fingerprint density at radius 3 is 1.62 bits per heavy atom. The summed E-state index contributed by atoms with van der Waals surface area (Å²) >= 11 is 6.31. The van der Waals surface area contributed by atoms with E-state index in [1.54, 1.807) is 13.8 Å². The van der Waals surface area contributed by atoms with E-state index in [2.05, 4.69) is 95.9 Å². The largest absolute Gasteiger partial charge is 0.550 e. The summed E-state index contributed by atoms with van der Waals surface area (Å²) in [4.78, 5) is 48.2. The van der Waals surface area contributed by atoms with Crippen LogP contribution in [0.5, 0.6) is 5.75 Å². The molecule has 3 rings (SSSR count). The number of aromatic amines is 1. The van der Waals surface area contributed by atoms with Gasteiger partial charge >= 0.3 is 48.8 Å². The van der Waals surface area contributed by atoms with Crippen molar-refractivity contribution in [1.82, 2.24) is 4.98 Å². The molecule has 0 amide bonds. The molecule has 5 atom stereocenters. The van der Waals surface area contributed by atoms with E-state index in [-0.39, 0.29) is 26.2 Å². The van der Waals surface area contributed by atoms with Crippen LogP contribution in [0.2, 0.25) is 0 Å². The lowest BCUT2D eigenvalue weighted by atomic mass is 9.66. The molecule has 12 nitrogen and oxygen atoms in total. The van der Waals surface area contributed by atoms with Crippen molar-refractivity contribution < 1.29 is 119 Å². The molecule has 1 aromatic heterocycles.